The summed E-state index contributed by atoms with van der Waals surface area (Å²) in [4.78, 5) is 12.0. The Morgan fingerprint density at radius 3 is 1.96 bits per heavy atom. The number of carbonyl (C=O) groups excluding carboxylic acids is 1. The van der Waals surface area contributed by atoms with Crippen molar-refractivity contribution >= 4 is 29.5 Å². The van der Waals surface area contributed by atoms with Crippen molar-refractivity contribution in [3.8, 4) is 0 Å². The number of hydrogen-bond donors (Lipinski definition) is 0. The van der Waals surface area contributed by atoms with Crippen molar-refractivity contribution in [3.63, 3.8) is 0 Å². The van der Waals surface area contributed by atoms with Gasteiger partial charge >= 0.3 is 33.0 Å². The van der Waals surface area contributed by atoms with Crippen LogP contribution in [0.5, 0.6) is 0 Å². The Kier molecular flexibility index (Phi) is 5.52. The fourth-order valence-corrected chi connectivity index (χ4v) is 1.91. The summed E-state index contributed by atoms with van der Waals surface area (Å²) in [5, 5.41) is 0. The molecule has 1 heterocycles. The molecule has 0 aliphatic carbocycles. The van der Waals surface area contributed by atoms with Crippen LogP contribution < -0.4 is 4.57 Å². The number of carbonyl (C=O) groups is 1. The third-order valence-corrected chi connectivity index (χ3v) is 3.20. The molecule has 0 aliphatic heterocycles. The first-order chi connectivity index (χ1) is 10.6. The summed E-state index contributed by atoms with van der Waals surface area (Å²) >= 11 is 3.36. The Balaban J connectivity index is 0.000000351. The van der Waals surface area contributed by atoms with Crippen LogP contribution in [0.2, 0.25) is 0 Å². The van der Waals surface area contributed by atoms with E-state index < -0.39 is 7.81 Å². The average molecular weight is 436 g/mol. The molecule has 0 radical (unpaired) electrons. The van der Waals surface area contributed by atoms with Gasteiger partial charge in [0.1, 0.15) is 7.05 Å². The summed E-state index contributed by atoms with van der Waals surface area (Å²) in [6, 6.07) is 13.3. The summed E-state index contributed by atoms with van der Waals surface area (Å²) in [6.45, 7) is 0. The van der Waals surface area contributed by atoms with Crippen LogP contribution in [0, 0.1) is 0 Å². The zero-order chi connectivity index (χ0) is 18.7. The molecular weight excluding hydrogens is 423 g/mol. The molecule has 24 heavy (non-hydrogen) atoms. The minimum absolute atomic E-state index is 0.138. The SMILES string of the molecule is C[n+]1ccccc1CC(=O)c1ccc(Br)cc1.F[P-](F)(F)(F)(F)F. The van der Waals surface area contributed by atoms with Crippen molar-refractivity contribution in [1.29, 1.82) is 0 Å². The number of benzene rings is 1. The summed E-state index contributed by atoms with van der Waals surface area (Å²) in [6.07, 6.45) is 2.38. The summed E-state index contributed by atoms with van der Waals surface area (Å²) < 4.78 is 62.1. The average Bonchev–Trinajstić information content (AvgIpc) is 2.38. The van der Waals surface area contributed by atoms with Crippen LogP contribution in [0.3, 0.4) is 0 Å². The van der Waals surface area contributed by atoms with E-state index in [4.69, 9.17) is 0 Å². The van der Waals surface area contributed by atoms with Gasteiger partial charge in [-0.05, 0) is 12.1 Å². The van der Waals surface area contributed by atoms with Crippen LogP contribution in [-0.2, 0) is 13.5 Å². The van der Waals surface area contributed by atoms with Gasteiger partial charge in [-0.15, -0.1) is 0 Å². The number of rotatable bonds is 3. The molecule has 10 heteroatoms. The first-order valence-corrected chi connectivity index (χ1v) is 9.22. The molecule has 0 aliphatic rings. The second-order valence-electron chi connectivity index (χ2n) is 4.87. The Bertz CT molecular complexity index is 720. The van der Waals surface area contributed by atoms with Gasteiger partial charge in [0.25, 0.3) is 0 Å². The van der Waals surface area contributed by atoms with Gasteiger partial charge in [0.2, 0.25) is 0 Å². The Morgan fingerprint density at radius 1 is 1.00 bits per heavy atom. The van der Waals surface area contributed by atoms with Gasteiger partial charge < -0.3 is 0 Å². The van der Waals surface area contributed by atoms with E-state index in [-0.39, 0.29) is 5.78 Å². The Morgan fingerprint density at radius 2 is 1.50 bits per heavy atom. The molecule has 2 rings (SSSR count). The topological polar surface area (TPSA) is 20.9 Å². The van der Waals surface area contributed by atoms with Gasteiger partial charge in [-0.25, -0.2) is 4.57 Å². The molecule has 0 bridgehead atoms. The first-order valence-electron chi connectivity index (χ1n) is 6.40. The summed E-state index contributed by atoms with van der Waals surface area (Å²) in [5.74, 6) is 0.138. The van der Waals surface area contributed by atoms with Gasteiger partial charge in [-0.1, -0.05) is 34.1 Å². The summed E-state index contributed by atoms with van der Waals surface area (Å²) in [7, 11) is -8.71. The molecule has 0 N–H and O–H groups in total. The summed E-state index contributed by atoms with van der Waals surface area (Å²) in [5.41, 5.74) is 1.76. The van der Waals surface area contributed by atoms with Crippen molar-refractivity contribution in [2.24, 2.45) is 7.05 Å². The number of aromatic nitrogens is 1. The van der Waals surface area contributed by atoms with Crippen molar-refractivity contribution < 1.29 is 34.5 Å². The number of aryl methyl sites for hydroxylation is 1. The van der Waals surface area contributed by atoms with Gasteiger partial charge in [0, 0.05) is 22.2 Å². The van der Waals surface area contributed by atoms with Crippen molar-refractivity contribution in [2.45, 2.75) is 6.42 Å². The standard InChI is InChI=1S/C14H13BrNO.F6P/c1-16-9-3-2-4-13(16)10-14(17)11-5-7-12(15)8-6-11;1-7(2,3,4,5)6/h2-9H,10H2,1H3;/q+1;-1. The van der Waals surface area contributed by atoms with Crippen molar-refractivity contribution in [3.05, 3.63) is 64.4 Å². The van der Waals surface area contributed by atoms with Crippen molar-refractivity contribution in [2.75, 3.05) is 0 Å². The number of halogens is 7. The fourth-order valence-electron chi connectivity index (χ4n) is 1.64. The van der Waals surface area contributed by atoms with Gasteiger partial charge in [-0.3, -0.25) is 4.79 Å². The molecule has 1 aromatic carbocycles. The number of pyridine rings is 1. The van der Waals surface area contributed by atoms with E-state index in [1.54, 1.807) is 0 Å². The van der Waals surface area contributed by atoms with E-state index in [0.29, 0.717) is 6.42 Å². The zero-order valence-corrected chi connectivity index (χ0v) is 14.8. The molecule has 0 fully saturated rings. The second-order valence-corrected chi connectivity index (χ2v) is 7.70. The first kappa shape index (κ1) is 20.6. The quantitative estimate of drug-likeness (QED) is 0.247. The molecule has 0 saturated heterocycles. The number of ketones is 1. The molecule has 0 unspecified atom stereocenters. The van der Waals surface area contributed by atoms with Crippen LogP contribution in [0.4, 0.5) is 25.2 Å². The van der Waals surface area contributed by atoms with Crippen LogP contribution in [-0.4, -0.2) is 5.78 Å². The van der Waals surface area contributed by atoms with Crippen LogP contribution in [0.15, 0.2) is 53.1 Å². The molecule has 0 spiro atoms. The monoisotopic (exact) mass is 435 g/mol. The van der Waals surface area contributed by atoms with E-state index >= 15 is 0 Å². The molecule has 134 valence electrons. The third-order valence-electron chi connectivity index (χ3n) is 2.67. The molecule has 1 aromatic heterocycles. The number of nitrogens with zero attached hydrogens (tertiary/aromatic N) is 1. The normalized spacial score (nSPS) is 14.0. The van der Waals surface area contributed by atoms with Gasteiger partial charge in [-0.2, -0.15) is 0 Å². The van der Waals surface area contributed by atoms with Gasteiger partial charge in [0.05, 0.1) is 6.42 Å². The Labute approximate surface area is 142 Å². The minimum atomic E-state index is -10.7. The molecule has 0 amide bonds. The fraction of sp³-hybridized carbons (Fsp3) is 0.143. The maximum atomic E-state index is 12.0. The van der Waals surface area contributed by atoms with Crippen LogP contribution in [0.25, 0.3) is 0 Å². The van der Waals surface area contributed by atoms with E-state index in [2.05, 4.69) is 15.9 Å². The maximum absolute atomic E-state index is 12.0. The molecular formula is C14H13BrF6NOP. The predicted octanol–water partition coefficient (Wildman–Crippen LogP) is 6.08. The third kappa shape index (κ3) is 10.3. The molecule has 0 atom stereocenters. The molecule has 2 nitrogen and oxygen atoms in total. The predicted molar refractivity (Wildman–Crippen MR) is 83.4 cm³/mol. The van der Waals surface area contributed by atoms with E-state index in [9.17, 15) is 30.0 Å². The second kappa shape index (κ2) is 6.44. The van der Waals surface area contributed by atoms with E-state index in [1.165, 1.54) is 0 Å². The van der Waals surface area contributed by atoms with E-state index in [0.717, 1.165) is 15.7 Å². The van der Waals surface area contributed by atoms with E-state index in [1.807, 2.05) is 60.3 Å². The Hall–Kier alpha value is -1.47. The molecule has 0 saturated carbocycles. The zero-order valence-electron chi connectivity index (χ0n) is 12.3. The molecule has 2 aromatic rings. The van der Waals surface area contributed by atoms with Crippen LogP contribution >= 0.6 is 23.7 Å². The number of hydrogen-bond acceptors (Lipinski definition) is 1. The van der Waals surface area contributed by atoms with Gasteiger partial charge in [0.15, 0.2) is 17.7 Å². The van der Waals surface area contributed by atoms with Crippen LogP contribution in [0.1, 0.15) is 16.1 Å². The van der Waals surface area contributed by atoms with Crippen molar-refractivity contribution in [1.82, 2.24) is 0 Å². The number of Topliss-reactive ketones (excluding diaryl/α,β-unsaturated/α-hetero) is 1.